The second kappa shape index (κ2) is 11.3. The molecule has 0 radical (unpaired) electrons. The van der Waals surface area contributed by atoms with Crippen LogP contribution in [0.2, 0.25) is 5.02 Å². The van der Waals surface area contributed by atoms with Crippen LogP contribution in [0.3, 0.4) is 0 Å². The minimum atomic E-state index is -3.64. The number of sulfonamides is 1. The maximum absolute atomic E-state index is 12.3. The Bertz CT molecular complexity index is 905. The monoisotopic (exact) mass is 456 g/mol. The summed E-state index contributed by atoms with van der Waals surface area (Å²) in [5, 5.41) is 3.50. The summed E-state index contributed by atoms with van der Waals surface area (Å²) in [4.78, 5) is 12.3. The number of amides is 1. The highest BCUT2D eigenvalue weighted by molar-refractivity contribution is 7.98. The van der Waals surface area contributed by atoms with Gasteiger partial charge in [-0.15, -0.1) is 0 Å². The Morgan fingerprint density at radius 3 is 2.52 bits per heavy atom. The average Bonchev–Trinajstić information content (AvgIpc) is 2.69. The number of hydrogen-bond acceptors (Lipinski definition) is 5. The number of anilines is 1. The van der Waals surface area contributed by atoms with Crippen LogP contribution in [0.5, 0.6) is 5.75 Å². The number of benzene rings is 2. The molecule has 2 aromatic rings. The summed E-state index contributed by atoms with van der Waals surface area (Å²) in [5.74, 6) is 1.79. The van der Waals surface area contributed by atoms with Crippen LogP contribution in [0.15, 0.2) is 48.5 Å². The highest BCUT2D eigenvalue weighted by Gasteiger charge is 2.23. The summed E-state index contributed by atoms with van der Waals surface area (Å²) in [6.45, 7) is 0.188. The molecule has 0 aliphatic carbocycles. The van der Waals surface area contributed by atoms with E-state index in [1.807, 2.05) is 24.3 Å². The van der Waals surface area contributed by atoms with Gasteiger partial charge in [-0.3, -0.25) is 9.10 Å². The zero-order valence-corrected chi connectivity index (χ0v) is 18.8. The minimum Gasteiger partial charge on any atom is -0.495 e. The lowest BCUT2D eigenvalue weighted by Gasteiger charge is -2.23. The number of carbonyl (C=O) groups is 1. The third-order valence-corrected chi connectivity index (χ3v) is 6.50. The summed E-state index contributed by atoms with van der Waals surface area (Å²) in [6, 6.07) is 14.4. The van der Waals surface area contributed by atoms with E-state index in [1.165, 1.54) is 12.7 Å². The topological polar surface area (TPSA) is 75.7 Å². The van der Waals surface area contributed by atoms with Crippen LogP contribution in [-0.4, -0.2) is 46.5 Å². The maximum atomic E-state index is 12.3. The molecule has 0 saturated carbocycles. The van der Waals surface area contributed by atoms with Crippen molar-refractivity contribution in [3.05, 3.63) is 59.1 Å². The number of carbonyl (C=O) groups excluding carboxylic acids is 1. The van der Waals surface area contributed by atoms with Crippen molar-refractivity contribution >= 4 is 45.0 Å². The van der Waals surface area contributed by atoms with E-state index in [4.69, 9.17) is 16.3 Å². The Balaban J connectivity index is 1.79. The number of nitrogens with zero attached hydrogens (tertiary/aromatic N) is 1. The van der Waals surface area contributed by atoms with Gasteiger partial charge in [0.2, 0.25) is 15.9 Å². The largest absolute Gasteiger partial charge is 0.495 e. The van der Waals surface area contributed by atoms with Crippen LogP contribution in [0.4, 0.5) is 5.69 Å². The number of nitrogens with one attached hydrogen (secondary N) is 1. The zero-order chi connectivity index (χ0) is 21.3. The summed E-state index contributed by atoms with van der Waals surface area (Å²) in [5.41, 5.74) is 1.54. The van der Waals surface area contributed by atoms with E-state index in [0.29, 0.717) is 18.0 Å². The van der Waals surface area contributed by atoms with Gasteiger partial charge < -0.3 is 10.1 Å². The Kier molecular flexibility index (Phi) is 9.13. The van der Waals surface area contributed by atoms with Crippen LogP contribution >= 0.6 is 23.4 Å². The molecular formula is C20H25ClN2O4S2. The molecular weight excluding hydrogens is 432 g/mol. The number of rotatable bonds is 11. The molecule has 6 nitrogen and oxygen atoms in total. The lowest BCUT2D eigenvalue weighted by molar-refractivity contribution is -0.119. The summed E-state index contributed by atoms with van der Waals surface area (Å²) < 4.78 is 30.6. The van der Waals surface area contributed by atoms with E-state index in [0.717, 1.165) is 33.5 Å². The van der Waals surface area contributed by atoms with Gasteiger partial charge in [-0.25, -0.2) is 8.42 Å². The molecule has 0 unspecified atom stereocenters. The van der Waals surface area contributed by atoms with Gasteiger partial charge in [-0.05, 0) is 42.0 Å². The first-order chi connectivity index (χ1) is 13.8. The lowest BCUT2D eigenvalue weighted by atomic mass is 10.2. The van der Waals surface area contributed by atoms with Gasteiger partial charge in [0.1, 0.15) is 12.3 Å². The van der Waals surface area contributed by atoms with Crippen molar-refractivity contribution in [2.75, 3.05) is 36.5 Å². The predicted octanol–water partition coefficient (Wildman–Crippen LogP) is 3.55. The van der Waals surface area contributed by atoms with Crippen LogP contribution < -0.4 is 14.4 Å². The Morgan fingerprint density at radius 1 is 1.17 bits per heavy atom. The Hall–Kier alpha value is -1.90. The predicted molar refractivity (Wildman–Crippen MR) is 120 cm³/mol. The second-order valence-electron chi connectivity index (χ2n) is 6.32. The molecule has 0 saturated heterocycles. The number of methoxy groups -OCH3 is 1. The molecule has 0 aromatic heterocycles. The van der Waals surface area contributed by atoms with Crippen molar-refractivity contribution in [3.8, 4) is 5.75 Å². The van der Waals surface area contributed by atoms with Crippen molar-refractivity contribution in [1.29, 1.82) is 0 Å². The first-order valence-electron chi connectivity index (χ1n) is 9.01. The molecule has 0 aliphatic heterocycles. The highest BCUT2D eigenvalue weighted by Crippen LogP contribution is 2.29. The Labute approximate surface area is 181 Å². The fraction of sp³-hybridized carbons (Fsp3) is 0.350. The SMILES string of the molecule is COc1ccccc1N(CC(=O)NCCCSCc1ccc(Cl)cc1)S(C)(=O)=O. The summed E-state index contributed by atoms with van der Waals surface area (Å²) >= 11 is 7.64. The van der Waals surface area contributed by atoms with E-state index < -0.39 is 10.0 Å². The molecule has 0 heterocycles. The number of hydrogen-bond donors (Lipinski definition) is 1. The van der Waals surface area contributed by atoms with Crippen LogP contribution in [0, 0.1) is 0 Å². The van der Waals surface area contributed by atoms with E-state index in [9.17, 15) is 13.2 Å². The van der Waals surface area contributed by atoms with Gasteiger partial charge in [0.15, 0.2) is 0 Å². The van der Waals surface area contributed by atoms with Crippen molar-refractivity contribution in [1.82, 2.24) is 5.32 Å². The average molecular weight is 457 g/mol. The number of ether oxygens (including phenoxy) is 1. The molecule has 0 bridgehead atoms. The molecule has 2 rings (SSSR count). The normalized spacial score (nSPS) is 11.1. The molecule has 2 aromatic carbocycles. The number of para-hydroxylation sites is 2. The van der Waals surface area contributed by atoms with Gasteiger partial charge in [-0.1, -0.05) is 35.9 Å². The molecule has 1 amide bonds. The molecule has 29 heavy (non-hydrogen) atoms. The van der Waals surface area contributed by atoms with E-state index >= 15 is 0 Å². The molecule has 158 valence electrons. The quantitative estimate of drug-likeness (QED) is 0.523. The first-order valence-corrected chi connectivity index (χ1v) is 12.4. The summed E-state index contributed by atoms with van der Waals surface area (Å²) in [7, 11) is -2.18. The second-order valence-corrected chi connectivity index (χ2v) is 9.77. The molecule has 9 heteroatoms. The van der Waals surface area contributed by atoms with Gasteiger partial charge in [-0.2, -0.15) is 11.8 Å². The van der Waals surface area contributed by atoms with Crippen LogP contribution in [-0.2, 0) is 20.6 Å². The Morgan fingerprint density at radius 2 is 1.86 bits per heavy atom. The van der Waals surface area contributed by atoms with Crippen LogP contribution in [0.1, 0.15) is 12.0 Å². The number of halogens is 1. The molecule has 0 aliphatic rings. The van der Waals surface area contributed by atoms with Gasteiger partial charge >= 0.3 is 0 Å². The molecule has 0 spiro atoms. The van der Waals surface area contributed by atoms with E-state index in [-0.39, 0.29) is 12.5 Å². The van der Waals surface area contributed by atoms with Crippen LogP contribution in [0.25, 0.3) is 0 Å². The van der Waals surface area contributed by atoms with Crippen molar-refractivity contribution in [3.63, 3.8) is 0 Å². The fourth-order valence-electron chi connectivity index (χ4n) is 2.58. The fourth-order valence-corrected chi connectivity index (χ4v) is 4.48. The van der Waals surface area contributed by atoms with Gasteiger partial charge in [0.25, 0.3) is 0 Å². The van der Waals surface area contributed by atoms with Crippen molar-refractivity contribution in [2.24, 2.45) is 0 Å². The standard InChI is InChI=1S/C20H25ClN2O4S2/c1-27-19-7-4-3-6-18(19)23(29(2,25)26)14-20(24)22-12-5-13-28-15-16-8-10-17(21)11-9-16/h3-4,6-11H,5,12-15H2,1-2H3,(H,22,24). The molecule has 0 fully saturated rings. The van der Waals surface area contributed by atoms with Crippen molar-refractivity contribution < 1.29 is 17.9 Å². The van der Waals surface area contributed by atoms with E-state index in [2.05, 4.69) is 5.32 Å². The third kappa shape index (κ3) is 7.79. The van der Waals surface area contributed by atoms with Crippen molar-refractivity contribution in [2.45, 2.75) is 12.2 Å². The van der Waals surface area contributed by atoms with Gasteiger partial charge in [0, 0.05) is 17.3 Å². The maximum Gasteiger partial charge on any atom is 0.240 e. The zero-order valence-electron chi connectivity index (χ0n) is 16.4. The summed E-state index contributed by atoms with van der Waals surface area (Å²) in [6.07, 6.45) is 1.86. The number of thioether (sulfide) groups is 1. The third-order valence-electron chi connectivity index (χ3n) is 4.01. The first kappa shape index (κ1) is 23.4. The molecule has 0 atom stereocenters. The smallest absolute Gasteiger partial charge is 0.240 e. The minimum absolute atomic E-state index is 0.295. The lowest BCUT2D eigenvalue weighted by Crippen LogP contribution is -2.40. The van der Waals surface area contributed by atoms with Gasteiger partial charge in [0.05, 0.1) is 19.1 Å². The highest BCUT2D eigenvalue weighted by atomic mass is 35.5. The van der Waals surface area contributed by atoms with E-state index in [1.54, 1.807) is 36.0 Å². The molecule has 1 N–H and O–H groups in total.